The fraction of sp³-hybridized carbons (Fsp3) is 0.688. The fourth-order valence-corrected chi connectivity index (χ4v) is 4.04. The summed E-state index contributed by atoms with van der Waals surface area (Å²) in [4.78, 5) is 18.3. The molecule has 1 saturated carbocycles. The van der Waals surface area contributed by atoms with Crippen LogP contribution < -0.4 is 0 Å². The van der Waals surface area contributed by atoms with Crippen molar-refractivity contribution in [3.05, 3.63) is 21.9 Å². The molecule has 5 heteroatoms. The highest BCUT2D eigenvalue weighted by Gasteiger charge is 2.28. The highest BCUT2D eigenvalue weighted by atomic mass is 32.1. The van der Waals surface area contributed by atoms with Crippen molar-refractivity contribution in [1.29, 1.82) is 0 Å². The summed E-state index contributed by atoms with van der Waals surface area (Å²) in [5, 5.41) is 11.2. The maximum Gasteiger partial charge on any atom is 0.237 e. The predicted octanol–water partition coefficient (Wildman–Crippen LogP) is 1.87. The molecule has 2 heterocycles. The summed E-state index contributed by atoms with van der Waals surface area (Å²) in [6.45, 7) is 3.19. The Balaban J connectivity index is 1.56. The van der Waals surface area contributed by atoms with Crippen LogP contribution in [0, 0.1) is 0 Å². The molecule has 0 spiro atoms. The molecule has 0 unspecified atom stereocenters. The first-order valence-electron chi connectivity index (χ1n) is 7.96. The Hall–Kier alpha value is -0.910. The molecule has 2 aliphatic rings. The number of hydrogen-bond acceptors (Lipinski definition) is 4. The van der Waals surface area contributed by atoms with Gasteiger partial charge in [-0.2, -0.15) is 0 Å². The van der Waals surface area contributed by atoms with E-state index in [0.29, 0.717) is 12.6 Å². The Kier molecular flexibility index (Phi) is 4.93. The van der Waals surface area contributed by atoms with Crippen LogP contribution in [-0.2, 0) is 17.8 Å². The second kappa shape index (κ2) is 6.90. The quantitative estimate of drug-likeness (QED) is 0.872. The van der Waals surface area contributed by atoms with E-state index in [2.05, 4.69) is 16.3 Å². The van der Waals surface area contributed by atoms with Gasteiger partial charge in [0, 0.05) is 37.2 Å². The van der Waals surface area contributed by atoms with Crippen molar-refractivity contribution >= 4 is 17.2 Å². The fourth-order valence-electron chi connectivity index (χ4n) is 3.15. The zero-order valence-corrected chi connectivity index (χ0v) is 13.3. The summed E-state index contributed by atoms with van der Waals surface area (Å²) >= 11 is 1.81. The van der Waals surface area contributed by atoms with E-state index in [-0.39, 0.29) is 12.5 Å². The van der Waals surface area contributed by atoms with E-state index in [4.69, 9.17) is 5.11 Å². The Bertz CT molecular complexity index is 484. The van der Waals surface area contributed by atoms with Crippen LogP contribution in [-0.4, -0.2) is 53.1 Å². The summed E-state index contributed by atoms with van der Waals surface area (Å²) in [6, 6.07) is 2.71. The van der Waals surface area contributed by atoms with Crippen LogP contribution in [0.4, 0.5) is 0 Å². The topological polar surface area (TPSA) is 43.8 Å². The molecule has 1 amide bonds. The van der Waals surface area contributed by atoms with Crippen molar-refractivity contribution in [2.24, 2.45) is 0 Å². The van der Waals surface area contributed by atoms with Crippen molar-refractivity contribution in [3.8, 4) is 0 Å². The molecule has 0 bridgehead atoms. The van der Waals surface area contributed by atoms with Gasteiger partial charge in [-0.3, -0.25) is 9.69 Å². The van der Waals surface area contributed by atoms with Gasteiger partial charge in [0.15, 0.2) is 0 Å². The van der Waals surface area contributed by atoms with Crippen molar-refractivity contribution in [1.82, 2.24) is 9.80 Å². The standard InChI is InChI=1S/C16H24N2O2S/c19-9-2-7-17(14-3-1-4-14)12-16(20)18-8-5-15-13(11-18)6-10-21-15/h6,10,14,19H,1-5,7-9,11-12H2. The Morgan fingerprint density at radius 1 is 1.48 bits per heavy atom. The van der Waals surface area contributed by atoms with Gasteiger partial charge in [-0.25, -0.2) is 0 Å². The van der Waals surface area contributed by atoms with Crippen LogP contribution in [0.15, 0.2) is 11.4 Å². The van der Waals surface area contributed by atoms with Gasteiger partial charge in [-0.1, -0.05) is 6.42 Å². The third kappa shape index (κ3) is 3.47. The van der Waals surface area contributed by atoms with Crippen molar-refractivity contribution < 1.29 is 9.90 Å². The molecule has 0 atom stereocenters. The first kappa shape index (κ1) is 15.0. The number of aliphatic hydroxyl groups is 1. The lowest BCUT2D eigenvalue weighted by Crippen LogP contribution is -2.48. The van der Waals surface area contributed by atoms with Crippen LogP contribution >= 0.6 is 11.3 Å². The molecule has 4 nitrogen and oxygen atoms in total. The van der Waals surface area contributed by atoms with Crippen LogP contribution in [0.5, 0.6) is 0 Å². The Morgan fingerprint density at radius 3 is 3.05 bits per heavy atom. The highest BCUT2D eigenvalue weighted by molar-refractivity contribution is 7.10. The van der Waals surface area contributed by atoms with Gasteiger partial charge in [0.2, 0.25) is 5.91 Å². The van der Waals surface area contributed by atoms with E-state index < -0.39 is 0 Å². The molecule has 1 N–H and O–H groups in total. The SMILES string of the molecule is O=C(CN(CCCO)C1CCC1)N1CCc2sccc2C1. The number of rotatable bonds is 6. The van der Waals surface area contributed by atoms with Gasteiger partial charge in [0.25, 0.3) is 0 Å². The number of carbonyl (C=O) groups is 1. The van der Waals surface area contributed by atoms with E-state index in [1.165, 1.54) is 29.7 Å². The summed E-state index contributed by atoms with van der Waals surface area (Å²) in [7, 11) is 0. The monoisotopic (exact) mass is 308 g/mol. The van der Waals surface area contributed by atoms with Crippen molar-refractivity contribution in [3.63, 3.8) is 0 Å². The minimum Gasteiger partial charge on any atom is -0.396 e. The normalized spacial score (nSPS) is 18.7. The number of amides is 1. The van der Waals surface area contributed by atoms with E-state index in [9.17, 15) is 4.79 Å². The Labute approximate surface area is 130 Å². The molecule has 1 aliphatic carbocycles. The Morgan fingerprint density at radius 2 is 2.33 bits per heavy atom. The molecule has 116 valence electrons. The smallest absolute Gasteiger partial charge is 0.237 e. The van der Waals surface area contributed by atoms with Crippen molar-refractivity contribution in [2.45, 2.75) is 44.7 Å². The number of aliphatic hydroxyl groups excluding tert-OH is 1. The van der Waals surface area contributed by atoms with Gasteiger partial charge in [0.1, 0.15) is 0 Å². The van der Waals surface area contributed by atoms with Gasteiger partial charge in [0.05, 0.1) is 6.54 Å². The first-order chi connectivity index (χ1) is 10.3. The molecule has 1 aromatic rings. The van der Waals surface area contributed by atoms with Crippen molar-refractivity contribution in [2.75, 3.05) is 26.2 Å². The zero-order valence-electron chi connectivity index (χ0n) is 12.5. The summed E-state index contributed by atoms with van der Waals surface area (Å²) in [5.74, 6) is 0.247. The van der Waals surface area contributed by atoms with E-state index >= 15 is 0 Å². The number of thiophene rings is 1. The molecular formula is C16H24N2O2S. The minimum atomic E-state index is 0.208. The molecule has 3 rings (SSSR count). The molecule has 0 aromatic carbocycles. The highest BCUT2D eigenvalue weighted by Crippen LogP contribution is 2.26. The van der Waals surface area contributed by atoms with Gasteiger partial charge >= 0.3 is 0 Å². The van der Waals surface area contributed by atoms with E-state index in [0.717, 1.165) is 32.5 Å². The molecule has 1 aliphatic heterocycles. The first-order valence-corrected chi connectivity index (χ1v) is 8.84. The lowest BCUT2D eigenvalue weighted by molar-refractivity contribution is -0.134. The number of hydrogen-bond donors (Lipinski definition) is 1. The molecular weight excluding hydrogens is 284 g/mol. The van der Waals surface area contributed by atoms with Crippen LogP contribution in [0.1, 0.15) is 36.1 Å². The average molecular weight is 308 g/mol. The second-order valence-corrected chi connectivity index (χ2v) is 7.07. The summed E-state index contributed by atoms with van der Waals surface area (Å²) in [5.41, 5.74) is 1.32. The molecule has 0 radical (unpaired) electrons. The molecule has 1 fully saturated rings. The van der Waals surface area contributed by atoms with Gasteiger partial charge in [-0.05, 0) is 42.7 Å². The van der Waals surface area contributed by atoms with Crippen LogP contribution in [0.25, 0.3) is 0 Å². The maximum atomic E-state index is 12.6. The summed E-state index contributed by atoms with van der Waals surface area (Å²) in [6.07, 6.45) is 5.44. The molecule has 21 heavy (non-hydrogen) atoms. The van der Waals surface area contributed by atoms with Gasteiger partial charge in [-0.15, -0.1) is 11.3 Å². The lowest BCUT2D eigenvalue weighted by Gasteiger charge is -2.38. The van der Waals surface area contributed by atoms with E-state index in [1.54, 1.807) is 11.3 Å². The third-order valence-corrected chi connectivity index (χ3v) is 5.72. The average Bonchev–Trinajstić information content (AvgIpc) is 2.89. The maximum absolute atomic E-state index is 12.6. The van der Waals surface area contributed by atoms with E-state index in [1.807, 2.05) is 4.90 Å². The lowest BCUT2D eigenvalue weighted by atomic mass is 9.91. The molecule has 1 aromatic heterocycles. The second-order valence-electron chi connectivity index (χ2n) is 6.07. The van der Waals surface area contributed by atoms with Crippen LogP contribution in [0.3, 0.4) is 0 Å². The predicted molar refractivity (Wildman–Crippen MR) is 84.4 cm³/mol. The molecule has 0 saturated heterocycles. The zero-order chi connectivity index (χ0) is 14.7. The number of fused-ring (bicyclic) bond motifs is 1. The minimum absolute atomic E-state index is 0.208. The number of carbonyl (C=O) groups excluding carboxylic acids is 1. The summed E-state index contributed by atoms with van der Waals surface area (Å²) < 4.78 is 0. The van der Waals surface area contributed by atoms with Crippen LogP contribution in [0.2, 0.25) is 0 Å². The number of nitrogens with zero attached hydrogens (tertiary/aromatic N) is 2. The third-order valence-electron chi connectivity index (χ3n) is 4.69. The largest absolute Gasteiger partial charge is 0.396 e. The van der Waals surface area contributed by atoms with Gasteiger partial charge < -0.3 is 10.0 Å².